The maximum Gasteiger partial charge on any atom is 0.404 e. The zero-order valence-corrected chi connectivity index (χ0v) is 6.78. The fraction of sp³-hybridized carbons (Fsp3) is 0.857. The molecule has 1 saturated carbocycles. The summed E-state index contributed by atoms with van der Waals surface area (Å²) in [6.07, 6.45) is 4.18. The molecule has 10 heavy (non-hydrogen) atoms. The molecule has 0 spiro atoms. The highest BCUT2D eigenvalue weighted by Gasteiger charge is 2.31. The highest BCUT2D eigenvalue weighted by molar-refractivity contribution is 6.61. The van der Waals surface area contributed by atoms with Crippen molar-refractivity contribution in [1.82, 2.24) is 0 Å². The lowest BCUT2D eigenvalue weighted by molar-refractivity contribution is 0.0480. The van der Waals surface area contributed by atoms with E-state index in [-0.39, 0.29) is 5.60 Å². The van der Waals surface area contributed by atoms with Crippen molar-refractivity contribution in [2.45, 2.75) is 38.2 Å². The van der Waals surface area contributed by atoms with Crippen molar-refractivity contribution in [3.63, 3.8) is 0 Å². The first-order valence-corrected chi connectivity index (χ1v) is 3.89. The monoisotopic (exact) mass is 162 g/mol. The van der Waals surface area contributed by atoms with E-state index in [1.807, 2.05) is 6.92 Å². The van der Waals surface area contributed by atoms with Crippen LogP contribution in [0.25, 0.3) is 0 Å². The third kappa shape index (κ3) is 1.87. The van der Waals surface area contributed by atoms with Crippen molar-refractivity contribution in [2.75, 3.05) is 0 Å². The molecule has 0 atom stereocenters. The second-order valence-electron chi connectivity index (χ2n) is 3.00. The first-order valence-electron chi connectivity index (χ1n) is 3.51. The van der Waals surface area contributed by atoms with Gasteiger partial charge in [0.05, 0.1) is 0 Å². The van der Waals surface area contributed by atoms with Crippen LogP contribution < -0.4 is 0 Å². The Labute approximate surface area is 65.5 Å². The van der Waals surface area contributed by atoms with Crippen molar-refractivity contribution in [2.24, 2.45) is 0 Å². The van der Waals surface area contributed by atoms with Crippen molar-refractivity contribution in [3.8, 4) is 0 Å². The third-order valence-electron chi connectivity index (χ3n) is 1.99. The van der Waals surface area contributed by atoms with Crippen LogP contribution in [-0.2, 0) is 4.74 Å². The fourth-order valence-corrected chi connectivity index (χ4v) is 1.60. The summed E-state index contributed by atoms with van der Waals surface area (Å²) < 4.78 is 4.93. The van der Waals surface area contributed by atoms with Gasteiger partial charge in [-0.2, -0.15) is 0 Å². The smallest absolute Gasteiger partial charge is 0.404 e. The van der Waals surface area contributed by atoms with E-state index in [4.69, 9.17) is 16.3 Å². The summed E-state index contributed by atoms with van der Waals surface area (Å²) in [5.41, 5.74) is -0.942. The topological polar surface area (TPSA) is 26.3 Å². The lowest BCUT2D eigenvalue weighted by atomic mass is 10.1. The molecule has 0 aromatic heterocycles. The molecule has 0 unspecified atom stereocenters. The summed E-state index contributed by atoms with van der Waals surface area (Å²) in [5.74, 6) is 0. The summed E-state index contributed by atoms with van der Waals surface area (Å²) in [4.78, 5) is 10.3. The molecule has 0 aliphatic heterocycles. The van der Waals surface area contributed by atoms with Crippen LogP contribution in [0.4, 0.5) is 4.79 Å². The predicted octanol–water partition coefficient (Wildman–Crippen LogP) is 2.69. The zero-order chi connectivity index (χ0) is 7.61. The molecule has 1 aliphatic rings. The number of hydrogen-bond acceptors (Lipinski definition) is 2. The average Bonchev–Trinajstić information content (AvgIpc) is 2.12. The first-order chi connectivity index (χ1) is 4.62. The maximum absolute atomic E-state index is 10.3. The second kappa shape index (κ2) is 2.79. The molecule has 1 rings (SSSR count). The van der Waals surface area contributed by atoms with Crippen molar-refractivity contribution in [1.29, 1.82) is 0 Å². The van der Waals surface area contributed by atoms with Crippen LogP contribution in [0.1, 0.15) is 32.6 Å². The van der Waals surface area contributed by atoms with Gasteiger partial charge in [-0.05, 0) is 32.6 Å². The van der Waals surface area contributed by atoms with Crippen molar-refractivity contribution >= 4 is 17.0 Å². The summed E-state index contributed by atoms with van der Waals surface area (Å²) >= 11 is 5.09. The van der Waals surface area contributed by atoms with Crippen LogP contribution in [0.3, 0.4) is 0 Å². The summed E-state index contributed by atoms with van der Waals surface area (Å²) in [7, 11) is 0. The zero-order valence-electron chi connectivity index (χ0n) is 6.02. The van der Waals surface area contributed by atoms with Crippen LogP contribution in [0.2, 0.25) is 0 Å². The van der Waals surface area contributed by atoms with Gasteiger partial charge in [-0.15, -0.1) is 0 Å². The quantitative estimate of drug-likeness (QED) is 0.555. The molecule has 1 aliphatic carbocycles. The van der Waals surface area contributed by atoms with E-state index < -0.39 is 5.43 Å². The Hall–Kier alpha value is -0.240. The molecule has 2 nitrogen and oxygen atoms in total. The lowest BCUT2D eigenvalue weighted by Crippen LogP contribution is -2.25. The molecule has 3 heteroatoms. The van der Waals surface area contributed by atoms with Gasteiger partial charge in [0.1, 0.15) is 5.60 Å². The Morgan fingerprint density at radius 3 is 2.40 bits per heavy atom. The van der Waals surface area contributed by atoms with E-state index in [0.717, 1.165) is 25.7 Å². The van der Waals surface area contributed by atoms with Gasteiger partial charge >= 0.3 is 5.43 Å². The largest absolute Gasteiger partial charge is 0.447 e. The number of halogens is 1. The minimum absolute atomic E-state index is 0.265. The molecular formula is C7H11ClO2. The molecule has 1 fully saturated rings. The Morgan fingerprint density at radius 2 is 2.00 bits per heavy atom. The van der Waals surface area contributed by atoms with E-state index in [1.165, 1.54) is 0 Å². The normalized spacial score (nSPS) is 22.6. The molecule has 0 N–H and O–H groups in total. The van der Waals surface area contributed by atoms with Gasteiger partial charge in [0.25, 0.3) is 0 Å². The minimum Gasteiger partial charge on any atom is -0.447 e. The number of ether oxygens (including phenoxy) is 1. The molecule has 0 heterocycles. The fourth-order valence-electron chi connectivity index (χ4n) is 1.42. The van der Waals surface area contributed by atoms with Gasteiger partial charge in [0, 0.05) is 11.6 Å². The van der Waals surface area contributed by atoms with Gasteiger partial charge in [-0.1, -0.05) is 0 Å². The third-order valence-corrected chi connectivity index (χ3v) is 2.07. The average molecular weight is 163 g/mol. The van der Waals surface area contributed by atoms with Crippen LogP contribution in [0.15, 0.2) is 0 Å². The van der Waals surface area contributed by atoms with Crippen LogP contribution in [0.5, 0.6) is 0 Å². The van der Waals surface area contributed by atoms with Gasteiger partial charge in [0.15, 0.2) is 0 Å². The molecule has 58 valence electrons. The number of carbonyl (C=O) groups excluding carboxylic acids is 1. The Bertz CT molecular complexity index is 139. The first kappa shape index (κ1) is 7.86. The SMILES string of the molecule is CC1(OC(=O)Cl)CCCC1. The number of hydrogen-bond donors (Lipinski definition) is 0. The van der Waals surface area contributed by atoms with E-state index >= 15 is 0 Å². The van der Waals surface area contributed by atoms with E-state index in [9.17, 15) is 4.79 Å². The van der Waals surface area contributed by atoms with Gasteiger partial charge < -0.3 is 4.74 Å². The van der Waals surface area contributed by atoms with E-state index in [1.54, 1.807) is 0 Å². The molecular weight excluding hydrogens is 152 g/mol. The minimum atomic E-state index is -0.676. The van der Waals surface area contributed by atoms with Crippen LogP contribution in [-0.4, -0.2) is 11.0 Å². The number of rotatable bonds is 1. The highest BCUT2D eigenvalue weighted by Crippen LogP contribution is 2.32. The highest BCUT2D eigenvalue weighted by atomic mass is 35.5. The molecule has 0 saturated heterocycles. The van der Waals surface area contributed by atoms with Crippen molar-refractivity contribution in [3.05, 3.63) is 0 Å². The molecule has 0 aromatic carbocycles. The van der Waals surface area contributed by atoms with Gasteiger partial charge in [-0.3, -0.25) is 0 Å². The van der Waals surface area contributed by atoms with Gasteiger partial charge in [0.2, 0.25) is 0 Å². The molecule has 0 radical (unpaired) electrons. The second-order valence-corrected chi connectivity index (χ2v) is 3.31. The molecule has 0 aromatic rings. The van der Waals surface area contributed by atoms with E-state index in [0.29, 0.717) is 0 Å². The lowest BCUT2D eigenvalue weighted by Gasteiger charge is -2.21. The summed E-state index contributed by atoms with van der Waals surface area (Å²) in [6, 6.07) is 0. The Morgan fingerprint density at radius 1 is 1.50 bits per heavy atom. The Balaban J connectivity index is 2.43. The standard InChI is InChI=1S/C7H11ClO2/c1-7(10-6(8)9)4-2-3-5-7/h2-5H2,1H3. The Kier molecular flexibility index (Phi) is 2.19. The predicted molar refractivity (Wildman–Crippen MR) is 39.2 cm³/mol. The molecule has 0 amide bonds. The summed E-state index contributed by atoms with van der Waals surface area (Å²) in [6.45, 7) is 1.93. The molecule has 0 bridgehead atoms. The maximum atomic E-state index is 10.3. The summed E-state index contributed by atoms with van der Waals surface area (Å²) in [5, 5.41) is 0. The number of carbonyl (C=O) groups is 1. The van der Waals surface area contributed by atoms with Crippen LogP contribution in [0, 0.1) is 0 Å². The van der Waals surface area contributed by atoms with Gasteiger partial charge in [-0.25, -0.2) is 4.79 Å². The van der Waals surface area contributed by atoms with Crippen LogP contribution >= 0.6 is 11.6 Å². The van der Waals surface area contributed by atoms with E-state index in [2.05, 4.69) is 0 Å². The van der Waals surface area contributed by atoms with Crippen molar-refractivity contribution < 1.29 is 9.53 Å².